The third-order valence-corrected chi connectivity index (χ3v) is 2.82. The Kier molecular flexibility index (Phi) is 2.87. The first-order chi connectivity index (χ1) is 7.16. The molecule has 80 valence electrons. The molecule has 0 bridgehead atoms. The van der Waals surface area contributed by atoms with Gasteiger partial charge in [-0.15, -0.1) is 0 Å². The number of aryl methyl sites for hydroxylation is 1. The van der Waals surface area contributed by atoms with Gasteiger partial charge in [0.2, 0.25) is 0 Å². The smallest absolute Gasteiger partial charge is 0.163 e. The lowest BCUT2D eigenvalue weighted by Gasteiger charge is -2.17. The van der Waals surface area contributed by atoms with Crippen LogP contribution in [0.25, 0.3) is 0 Å². The second-order valence-corrected chi connectivity index (χ2v) is 4.51. The summed E-state index contributed by atoms with van der Waals surface area (Å²) in [7, 11) is 4.12. The summed E-state index contributed by atoms with van der Waals surface area (Å²) in [4.78, 5) is 13.8. The molecule has 0 unspecified atom stereocenters. The number of carbonyl (C=O) groups excluding carboxylic acids is 1. The fourth-order valence-corrected chi connectivity index (χ4v) is 2.16. The summed E-state index contributed by atoms with van der Waals surface area (Å²) >= 11 is 0. The van der Waals surface area contributed by atoms with E-state index in [4.69, 9.17) is 0 Å². The SMILES string of the molecule is CN(C)Cc1ccc2c(c1)CCCC2=O. The fraction of sp³-hybridized carbons (Fsp3) is 0.462. The second kappa shape index (κ2) is 4.15. The summed E-state index contributed by atoms with van der Waals surface area (Å²) in [6, 6.07) is 6.25. The lowest BCUT2D eigenvalue weighted by molar-refractivity contribution is 0.0972. The predicted octanol–water partition coefficient (Wildman–Crippen LogP) is 2.27. The number of ketones is 1. The van der Waals surface area contributed by atoms with Gasteiger partial charge in [0, 0.05) is 18.5 Å². The minimum Gasteiger partial charge on any atom is -0.305 e. The molecule has 0 spiro atoms. The van der Waals surface area contributed by atoms with Gasteiger partial charge in [-0.2, -0.15) is 0 Å². The Morgan fingerprint density at radius 2 is 2.07 bits per heavy atom. The van der Waals surface area contributed by atoms with Crippen LogP contribution in [0.2, 0.25) is 0 Å². The van der Waals surface area contributed by atoms with Gasteiger partial charge in [-0.25, -0.2) is 0 Å². The molecular weight excluding hydrogens is 186 g/mol. The first kappa shape index (κ1) is 10.4. The monoisotopic (exact) mass is 203 g/mol. The zero-order chi connectivity index (χ0) is 10.8. The predicted molar refractivity (Wildman–Crippen MR) is 61.1 cm³/mol. The van der Waals surface area contributed by atoms with E-state index >= 15 is 0 Å². The van der Waals surface area contributed by atoms with Crippen LogP contribution in [0.3, 0.4) is 0 Å². The molecule has 0 aliphatic heterocycles. The summed E-state index contributed by atoms with van der Waals surface area (Å²) < 4.78 is 0. The van der Waals surface area contributed by atoms with Crippen molar-refractivity contribution < 1.29 is 4.79 Å². The maximum absolute atomic E-state index is 11.6. The Labute approximate surface area is 90.9 Å². The standard InChI is InChI=1S/C13H17NO/c1-14(2)9-10-6-7-12-11(8-10)4-3-5-13(12)15/h6-8H,3-5,9H2,1-2H3. The van der Waals surface area contributed by atoms with Gasteiger partial charge < -0.3 is 4.90 Å². The zero-order valence-electron chi connectivity index (χ0n) is 9.42. The van der Waals surface area contributed by atoms with E-state index in [9.17, 15) is 4.79 Å². The van der Waals surface area contributed by atoms with Gasteiger partial charge in [-0.3, -0.25) is 4.79 Å². The molecule has 2 heteroatoms. The Hall–Kier alpha value is -1.15. The van der Waals surface area contributed by atoms with Gasteiger partial charge in [-0.05, 0) is 38.1 Å². The average Bonchev–Trinajstić information content (AvgIpc) is 2.17. The van der Waals surface area contributed by atoms with E-state index in [0.717, 1.165) is 31.4 Å². The minimum atomic E-state index is 0.313. The highest BCUT2D eigenvalue weighted by molar-refractivity contribution is 5.98. The maximum atomic E-state index is 11.6. The summed E-state index contributed by atoms with van der Waals surface area (Å²) in [5.41, 5.74) is 3.49. The van der Waals surface area contributed by atoms with E-state index in [1.807, 2.05) is 6.07 Å². The fourth-order valence-electron chi connectivity index (χ4n) is 2.16. The van der Waals surface area contributed by atoms with Crippen molar-refractivity contribution in [2.75, 3.05) is 14.1 Å². The molecule has 1 aromatic carbocycles. The number of hydrogen-bond acceptors (Lipinski definition) is 2. The van der Waals surface area contributed by atoms with Crippen molar-refractivity contribution in [3.63, 3.8) is 0 Å². The molecule has 1 aromatic rings. The summed E-state index contributed by atoms with van der Waals surface area (Å²) in [6.45, 7) is 0.946. The molecule has 15 heavy (non-hydrogen) atoms. The van der Waals surface area contributed by atoms with Crippen molar-refractivity contribution in [3.05, 3.63) is 34.9 Å². The number of benzene rings is 1. The molecule has 0 saturated heterocycles. The highest BCUT2D eigenvalue weighted by Crippen LogP contribution is 2.22. The van der Waals surface area contributed by atoms with Crippen LogP contribution in [-0.4, -0.2) is 24.8 Å². The number of hydrogen-bond donors (Lipinski definition) is 0. The molecule has 2 rings (SSSR count). The lowest BCUT2D eigenvalue weighted by atomic mass is 9.89. The molecule has 0 N–H and O–H groups in total. The van der Waals surface area contributed by atoms with Crippen molar-refractivity contribution in [2.45, 2.75) is 25.8 Å². The van der Waals surface area contributed by atoms with Crippen LogP contribution in [0.15, 0.2) is 18.2 Å². The lowest BCUT2D eigenvalue weighted by Crippen LogP contribution is -2.14. The van der Waals surface area contributed by atoms with Crippen LogP contribution in [0.5, 0.6) is 0 Å². The van der Waals surface area contributed by atoms with Crippen LogP contribution in [0.4, 0.5) is 0 Å². The normalized spacial score (nSPS) is 15.5. The molecule has 1 aliphatic carbocycles. The van der Waals surface area contributed by atoms with E-state index in [1.165, 1.54) is 11.1 Å². The number of rotatable bonds is 2. The molecule has 0 heterocycles. The van der Waals surface area contributed by atoms with Crippen molar-refractivity contribution in [3.8, 4) is 0 Å². The highest BCUT2D eigenvalue weighted by atomic mass is 16.1. The highest BCUT2D eigenvalue weighted by Gasteiger charge is 2.16. The maximum Gasteiger partial charge on any atom is 0.163 e. The molecule has 0 aromatic heterocycles. The van der Waals surface area contributed by atoms with E-state index in [1.54, 1.807) is 0 Å². The van der Waals surface area contributed by atoms with Gasteiger partial charge in [0.05, 0.1) is 0 Å². The average molecular weight is 203 g/mol. The van der Waals surface area contributed by atoms with Crippen molar-refractivity contribution in [1.29, 1.82) is 0 Å². The number of carbonyl (C=O) groups is 1. The number of Topliss-reactive ketones (excluding diaryl/α,β-unsaturated/α-hetero) is 1. The van der Waals surface area contributed by atoms with E-state index in [-0.39, 0.29) is 0 Å². The van der Waals surface area contributed by atoms with Crippen LogP contribution < -0.4 is 0 Å². The van der Waals surface area contributed by atoms with Crippen molar-refractivity contribution in [1.82, 2.24) is 4.90 Å². The molecule has 0 saturated carbocycles. The molecule has 1 aliphatic rings. The Balaban J connectivity index is 2.29. The summed E-state index contributed by atoms with van der Waals surface area (Å²) in [5.74, 6) is 0.313. The number of nitrogens with zero attached hydrogens (tertiary/aromatic N) is 1. The van der Waals surface area contributed by atoms with Crippen molar-refractivity contribution in [2.24, 2.45) is 0 Å². The quantitative estimate of drug-likeness (QED) is 0.735. The molecule has 0 amide bonds. The molecule has 2 nitrogen and oxygen atoms in total. The van der Waals surface area contributed by atoms with Gasteiger partial charge in [0.25, 0.3) is 0 Å². The molecule has 0 atom stereocenters. The van der Waals surface area contributed by atoms with Crippen LogP contribution in [-0.2, 0) is 13.0 Å². The molecular formula is C13H17NO. The Morgan fingerprint density at radius 1 is 1.27 bits per heavy atom. The van der Waals surface area contributed by atoms with Gasteiger partial charge in [0.15, 0.2) is 5.78 Å². The largest absolute Gasteiger partial charge is 0.305 e. The third-order valence-electron chi connectivity index (χ3n) is 2.82. The number of fused-ring (bicyclic) bond motifs is 1. The van der Waals surface area contributed by atoms with E-state index < -0.39 is 0 Å². The van der Waals surface area contributed by atoms with Gasteiger partial charge in [-0.1, -0.05) is 18.2 Å². The van der Waals surface area contributed by atoms with Gasteiger partial charge in [0.1, 0.15) is 0 Å². The first-order valence-corrected chi connectivity index (χ1v) is 5.46. The minimum absolute atomic E-state index is 0.313. The summed E-state index contributed by atoms with van der Waals surface area (Å²) in [5, 5.41) is 0. The summed E-state index contributed by atoms with van der Waals surface area (Å²) in [6.07, 6.45) is 2.79. The zero-order valence-corrected chi connectivity index (χ0v) is 9.42. The van der Waals surface area contributed by atoms with Crippen LogP contribution in [0, 0.1) is 0 Å². The third kappa shape index (κ3) is 2.26. The van der Waals surface area contributed by atoms with Crippen LogP contribution in [0.1, 0.15) is 34.3 Å². The van der Waals surface area contributed by atoms with E-state index in [2.05, 4.69) is 31.1 Å². The topological polar surface area (TPSA) is 20.3 Å². The molecule has 0 radical (unpaired) electrons. The Bertz CT molecular complexity index is 382. The Morgan fingerprint density at radius 3 is 2.80 bits per heavy atom. The van der Waals surface area contributed by atoms with Crippen LogP contribution >= 0.6 is 0 Å². The first-order valence-electron chi connectivity index (χ1n) is 5.46. The van der Waals surface area contributed by atoms with E-state index in [0.29, 0.717) is 5.78 Å². The molecule has 0 fully saturated rings. The second-order valence-electron chi connectivity index (χ2n) is 4.51. The van der Waals surface area contributed by atoms with Crippen molar-refractivity contribution >= 4 is 5.78 Å². The van der Waals surface area contributed by atoms with Gasteiger partial charge >= 0.3 is 0 Å².